The van der Waals surface area contributed by atoms with E-state index >= 15 is 0 Å². The quantitative estimate of drug-likeness (QED) is 0.814. The van der Waals surface area contributed by atoms with Gasteiger partial charge in [0.2, 0.25) is 0 Å². The van der Waals surface area contributed by atoms with Crippen molar-refractivity contribution in [2.24, 2.45) is 0 Å². The number of hydrogen-bond donors (Lipinski definition) is 1. The molecule has 0 unspecified atom stereocenters. The third kappa shape index (κ3) is 3.73. The number of carbonyl (C=O) groups excluding carboxylic acids is 1. The van der Waals surface area contributed by atoms with E-state index in [2.05, 4.69) is 15.4 Å². The Morgan fingerprint density at radius 3 is 2.70 bits per heavy atom. The Balaban J connectivity index is 2.48. The number of aromatic nitrogens is 3. The van der Waals surface area contributed by atoms with Gasteiger partial charge >= 0.3 is 5.97 Å². The maximum Gasteiger partial charge on any atom is 0.361 e. The standard InChI is InChI=1S/C15H18ClN3O4/c1-5-22-15(20)13-12(17-19-18-13)9-6-10(16)14(23-8(2)3)11(7-9)21-4/h6-8H,5H2,1-4H3,(H,17,18,19). The van der Waals surface area contributed by atoms with Crippen molar-refractivity contribution in [2.75, 3.05) is 13.7 Å². The fourth-order valence-corrected chi connectivity index (χ4v) is 2.24. The summed E-state index contributed by atoms with van der Waals surface area (Å²) in [5, 5.41) is 10.6. The molecule has 0 spiro atoms. The van der Waals surface area contributed by atoms with Crippen LogP contribution < -0.4 is 9.47 Å². The lowest BCUT2D eigenvalue weighted by atomic mass is 10.1. The molecule has 0 radical (unpaired) electrons. The molecule has 0 aliphatic heterocycles. The molecule has 23 heavy (non-hydrogen) atoms. The van der Waals surface area contributed by atoms with Crippen LogP contribution in [-0.2, 0) is 4.74 Å². The van der Waals surface area contributed by atoms with Crippen molar-refractivity contribution < 1.29 is 19.0 Å². The third-order valence-electron chi connectivity index (χ3n) is 2.87. The van der Waals surface area contributed by atoms with Crippen LogP contribution >= 0.6 is 11.6 Å². The number of halogens is 1. The van der Waals surface area contributed by atoms with Crippen LogP contribution in [-0.4, -0.2) is 41.2 Å². The minimum atomic E-state index is -0.561. The van der Waals surface area contributed by atoms with E-state index in [4.69, 9.17) is 25.8 Å². The van der Waals surface area contributed by atoms with Gasteiger partial charge in [-0.1, -0.05) is 11.6 Å². The second-order valence-corrected chi connectivity index (χ2v) is 5.30. The van der Waals surface area contributed by atoms with Crippen molar-refractivity contribution in [3.63, 3.8) is 0 Å². The summed E-state index contributed by atoms with van der Waals surface area (Å²) in [5.74, 6) is 0.321. The van der Waals surface area contributed by atoms with Gasteiger partial charge in [-0.25, -0.2) is 4.79 Å². The van der Waals surface area contributed by atoms with Gasteiger partial charge in [0.15, 0.2) is 17.2 Å². The molecular weight excluding hydrogens is 322 g/mol. The lowest BCUT2D eigenvalue weighted by Crippen LogP contribution is -2.08. The number of esters is 1. The molecule has 0 saturated carbocycles. The summed E-state index contributed by atoms with van der Waals surface area (Å²) in [6, 6.07) is 3.33. The minimum Gasteiger partial charge on any atom is -0.493 e. The second kappa shape index (κ2) is 7.32. The van der Waals surface area contributed by atoms with E-state index < -0.39 is 5.97 Å². The van der Waals surface area contributed by atoms with Gasteiger partial charge in [-0.15, -0.1) is 5.10 Å². The summed E-state index contributed by atoms with van der Waals surface area (Å²) in [7, 11) is 1.51. The van der Waals surface area contributed by atoms with Gasteiger partial charge in [-0.2, -0.15) is 10.3 Å². The average Bonchev–Trinajstić information content (AvgIpc) is 2.98. The molecule has 0 bridgehead atoms. The van der Waals surface area contributed by atoms with E-state index in [1.54, 1.807) is 19.1 Å². The van der Waals surface area contributed by atoms with Crippen LogP contribution in [0.15, 0.2) is 12.1 Å². The van der Waals surface area contributed by atoms with E-state index in [0.29, 0.717) is 27.8 Å². The van der Waals surface area contributed by atoms with Crippen LogP contribution in [0.25, 0.3) is 11.3 Å². The largest absolute Gasteiger partial charge is 0.493 e. The molecule has 8 heteroatoms. The molecule has 1 N–H and O–H groups in total. The first-order chi connectivity index (χ1) is 11.0. The second-order valence-electron chi connectivity index (χ2n) is 4.90. The highest BCUT2D eigenvalue weighted by Crippen LogP contribution is 2.40. The van der Waals surface area contributed by atoms with Gasteiger partial charge in [0, 0.05) is 5.56 Å². The van der Waals surface area contributed by atoms with Crippen LogP contribution in [0.3, 0.4) is 0 Å². The maximum absolute atomic E-state index is 11.9. The highest BCUT2D eigenvalue weighted by Gasteiger charge is 2.22. The molecule has 1 aromatic heterocycles. The number of aromatic amines is 1. The number of methoxy groups -OCH3 is 1. The van der Waals surface area contributed by atoms with E-state index in [-0.39, 0.29) is 18.4 Å². The van der Waals surface area contributed by atoms with Crippen molar-refractivity contribution in [3.05, 3.63) is 22.8 Å². The topological polar surface area (TPSA) is 86.3 Å². The predicted molar refractivity (Wildman–Crippen MR) is 85.1 cm³/mol. The van der Waals surface area contributed by atoms with Gasteiger partial charge in [0.1, 0.15) is 5.69 Å². The fraction of sp³-hybridized carbons (Fsp3) is 0.400. The zero-order valence-electron chi connectivity index (χ0n) is 13.3. The third-order valence-corrected chi connectivity index (χ3v) is 3.15. The predicted octanol–water partition coefficient (Wildman–Crippen LogP) is 3.10. The molecule has 0 saturated heterocycles. The average molecular weight is 340 g/mol. The summed E-state index contributed by atoms with van der Waals surface area (Å²) < 4.78 is 16.0. The number of ether oxygens (including phenoxy) is 3. The molecule has 0 aliphatic rings. The number of nitrogens with one attached hydrogen (secondary N) is 1. The molecule has 2 rings (SSSR count). The Kier molecular flexibility index (Phi) is 5.44. The molecule has 7 nitrogen and oxygen atoms in total. The lowest BCUT2D eigenvalue weighted by Gasteiger charge is -2.16. The first-order valence-electron chi connectivity index (χ1n) is 7.10. The zero-order chi connectivity index (χ0) is 17.0. The summed E-state index contributed by atoms with van der Waals surface area (Å²) in [6.45, 7) is 5.74. The van der Waals surface area contributed by atoms with Crippen LogP contribution in [0.5, 0.6) is 11.5 Å². The Bertz CT molecular complexity index is 700. The first kappa shape index (κ1) is 17.1. The van der Waals surface area contributed by atoms with E-state index in [1.165, 1.54) is 7.11 Å². The number of benzene rings is 1. The van der Waals surface area contributed by atoms with Gasteiger partial charge in [0.05, 0.1) is 24.8 Å². The summed E-state index contributed by atoms with van der Waals surface area (Å²) in [6.07, 6.45) is -0.0607. The lowest BCUT2D eigenvalue weighted by molar-refractivity contribution is 0.0520. The van der Waals surface area contributed by atoms with Crippen molar-refractivity contribution in [1.29, 1.82) is 0 Å². The van der Waals surface area contributed by atoms with E-state index in [1.807, 2.05) is 13.8 Å². The normalized spacial score (nSPS) is 10.7. The SMILES string of the molecule is CCOC(=O)c1n[nH]nc1-c1cc(Cl)c(OC(C)C)c(OC)c1. The molecule has 0 aliphatic carbocycles. The Morgan fingerprint density at radius 1 is 1.35 bits per heavy atom. The number of rotatable bonds is 6. The maximum atomic E-state index is 11.9. The molecular formula is C15H18ClN3O4. The van der Waals surface area contributed by atoms with E-state index in [9.17, 15) is 4.79 Å². The van der Waals surface area contributed by atoms with E-state index in [0.717, 1.165) is 0 Å². The number of nitrogens with zero attached hydrogens (tertiary/aromatic N) is 2. The molecule has 0 atom stereocenters. The fourth-order valence-electron chi connectivity index (χ4n) is 1.98. The molecule has 0 fully saturated rings. The van der Waals surface area contributed by atoms with Crippen molar-refractivity contribution >= 4 is 17.6 Å². The van der Waals surface area contributed by atoms with Crippen LogP contribution in [0.4, 0.5) is 0 Å². The monoisotopic (exact) mass is 339 g/mol. The van der Waals surface area contributed by atoms with Crippen molar-refractivity contribution in [3.8, 4) is 22.8 Å². The van der Waals surface area contributed by atoms with Gasteiger partial charge in [-0.05, 0) is 32.9 Å². The van der Waals surface area contributed by atoms with Gasteiger partial charge in [-0.3, -0.25) is 0 Å². The summed E-state index contributed by atoms with van der Waals surface area (Å²) in [4.78, 5) is 11.9. The van der Waals surface area contributed by atoms with Crippen molar-refractivity contribution in [2.45, 2.75) is 26.9 Å². The van der Waals surface area contributed by atoms with Gasteiger partial charge < -0.3 is 14.2 Å². The molecule has 0 amide bonds. The summed E-state index contributed by atoms with van der Waals surface area (Å²) in [5.41, 5.74) is 0.988. The first-order valence-corrected chi connectivity index (χ1v) is 7.48. The Morgan fingerprint density at radius 2 is 2.09 bits per heavy atom. The van der Waals surface area contributed by atoms with Crippen LogP contribution in [0, 0.1) is 0 Å². The summed E-state index contributed by atoms with van der Waals surface area (Å²) >= 11 is 6.29. The van der Waals surface area contributed by atoms with Crippen LogP contribution in [0.2, 0.25) is 5.02 Å². The smallest absolute Gasteiger partial charge is 0.361 e. The Labute approximate surface area is 138 Å². The number of hydrogen-bond acceptors (Lipinski definition) is 6. The Hall–Kier alpha value is -2.28. The van der Waals surface area contributed by atoms with Gasteiger partial charge in [0.25, 0.3) is 0 Å². The highest BCUT2D eigenvalue weighted by molar-refractivity contribution is 6.32. The molecule has 1 heterocycles. The number of carbonyl (C=O) groups is 1. The molecule has 2 aromatic rings. The van der Waals surface area contributed by atoms with Crippen molar-refractivity contribution in [1.82, 2.24) is 15.4 Å². The zero-order valence-corrected chi connectivity index (χ0v) is 14.1. The number of H-pyrrole nitrogens is 1. The van der Waals surface area contributed by atoms with Crippen LogP contribution in [0.1, 0.15) is 31.3 Å². The minimum absolute atomic E-state index is 0.0607. The molecule has 124 valence electrons. The highest BCUT2D eigenvalue weighted by atomic mass is 35.5. The molecule has 1 aromatic carbocycles.